The Labute approximate surface area is 191 Å². The summed E-state index contributed by atoms with van der Waals surface area (Å²) >= 11 is 0. The molecule has 2 aromatic heterocycles. The van der Waals surface area contributed by atoms with Crippen molar-refractivity contribution in [2.45, 2.75) is 32.7 Å². The van der Waals surface area contributed by atoms with Crippen LogP contribution in [0, 0.1) is 18.6 Å². The number of benzene rings is 1. The molecule has 0 N–H and O–H groups in total. The molecule has 0 bridgehead atoms. The Morgan fingerprint density at radius 1 is 1.03 bits per heavy atom. The van der Waals surface area contributed by atoms with Crippen molar-refractivity contribution in [2.24, 2.45) is 0 Å². The van der Waals surface area contributed by atoms with Gasteiger partial charge in [0.25, 0.3) is 11.1 Å². The van der Waals surface area contributed by atoms with Gasteiger partial charge >= 0.3 is 6.09 Å². The normalized spacial score (nSPS) is 18.1. The molecule has 1 aromatic carbocycles. The lowest BCUT2D eigenvalue weighted by Crippen LogP contribution is -2.39. The van der Waals surface area contributed by atoms with E-state index in [1.54, 1.807) is 13.1 Å². The number of ether oxygens (including phenoxy) is 1. The van der Waals surface area contributed by atoms with Crippen LogP contribution in [0.2, 0.25) is 0 Å². The highest BCUT2D eigenvalue weighted by Gasteiger charge is 2.34. The van der Waals surface area contributed by atoms with Crippen LogP contribution in [0.25, 0.3) is 0 Å². The fourth-order valence-electron chi connectivity index (χ4n) is 4.35. The molecule has 5 rings (SSSR count). The number of halogens is 2. The Morgan fingerprint density at radius 3 is 2.41 bits per heavy atom. The second-order valence-electron chi connectivity index (χ2n) is 8.20. The van der Waals surface area contributed by atoms with Crippen molar-refractivity contribution in [1.29, 1.82) is 0 Å². The van der Waals surface area contributed by atoms with Crippen LogP contribution in [-0.2, 0) is 24.4 Å². The minimum Gasteiger partial charge on any atom is -0.442 e. The van der Waals surface area contributed by atoms with Gasteiger partial charge in [0.15, 0.2) is 11.6 Å². The van der Waals surface area contributed by atoms with Crippen LogP contribution in [0.3, 0.4) is 0 Å². The average molecular weight is 473 g/mol. The van der Waals surface area contributed by atoms with Gasteiger partial charge < -0.3 is 9.64 Å². The van der Waals surface area contributed by atoms with Gasteiger partial charge in [0.05, 0.1) is 38.1 Å². The molecule has 13 heteroatoms. The van der Waals surface area contributed by atoms with Crippen molar-refractivity contribution in [3.63, 3.8) is 0 Å². The molecular formula is C21H21F2N7O4. The number of aromatic nitrogens is 5. The molecule has 1 saturated heterocycles. The van der Waals surface area contributed by atoms with E-state index in [4.69, 9.17) is 4.74 Å². The van der Waals surface area contributed by atoms with E-state index in [1.165, 1.54) is 31.2 Å². The smallest absolute Gasteiger partial charge is 0.414 e. The molecule has 4 heterocycles. The number of hydrogen-bond acceptors (Lipinski definition) is 7. The zero-order chi connectivity index (χ0) is 24.0. The minimum absolute atomic E-state index is 0.0333. The summed E-state index contributed by atoms with van der Waals surface area (Å²) in [4.78, 5) is 39.7. The summed E-state index contributed by atoms with van der Waals surface area (Å²) < 4.78 is 39.7. The quantitative estimate of drug-likeness (QED) is 0.550. The molecule has 2 aliphatic heterocycles. The van der Waals surface area contributed by atoms with E-state index < -0.39 is 23.8 Å². The molecule has 0 radical (unpaired) electrons. The number of nitrogens with zero attached hydrogens (tertiary/aromatic N) is 7. The predicted molar refractivity (Wildman–Crippen MR) is 116 cm³/mol. The monoisotopic (exact) mass is 473 g/mol. The lowest BCUT2D eigenvalue weighted by atomic mass is 10.2. The first-order valence-corrected chi connectivity index (χ1v) is 10.7. The number of aryl methyl sites for hydroxylation is 1. The zero-order valence-corrected chi connectivity index (χ0v) is 18.2. The van der Waals surface area contributed by atoms with E-state index in [1.807, 2.05) is 0 Å². The van der Waals surface area contributed by atoms with Crippen molar-refractivity contribution in [1.82, 2.24) is 24.4 Å². The van der Waals surface area contributed by atoms with Gasteiger partial charge in [-0.3, -0.25) is 14.5 Å². The van der Waals surface area contributed by atoms with Gasteiger partial charge in [-0.15, -0.1) is 5.10 Å². The predicted octanol–water partition coefficient (Wildman–Crippen LogP) is 0.734. The highest BCUT2D eigenvalue weighted by atomic mass is 19.1. The second kappa shape index (κ2) is 8.39. The fourth-order valence-corrected chi connectivity index (χ4v) is 4.35. The van der Waals surface area contributed by atoms with Gasteiger partial charge in [0.2, 0.25) is 0 Å². The largest absolute Gasteiger partial charge is 0.442 e. The number of amides is 1. The highest BCUT2D eigenvalue weighted by molar-refractivity contribution is 5.90. The fraction of sp³-hybridized carbons (Fsp3) is 0.381. The summed E-state index contributed by atoms with van der Waals surface area (Å²) in [6.45, 7) is 2.36. The maximum Gasteiger partial charge on any atom is 0.414 e. The lowest BCUT2D eigenvalue weighted by Gasteiger charge is -2.24. The molecule has 11 nitrogen and oxygen atoms in total. The standard InChI is InChI=1S/C21H21F2N7O4/c1-13-8-18(31)29-6-4-26(5-7-30(29)20(13)32)19-16(22)9-14(10-17(19)23)28-12-15(34-21(28)33)11-27-3-2-24-25-27/h2-3,8-10,15H,4-7,11-12H2,1H3/t15-/m0/s1. The minimum atomic E-state index is -0.857. The number of anilines is 2. The van der Waals surface area contributed by atoms with Gasteiger partial charge in [0, 0.05) is 43.0 Å². The van der Waals surface area contributed by atoms with Crippen molar-refractivity contribution in [3.05, 3.63) is 68.5 Å². The number of fused-ring (bicyclic) bond motifs is 1. The van der Waals surface area contributed by atoms with E-state index >= 15 is 8.78 Å². The Kier molecular flexibility index (Phi) is 5.38. The van der Waals surface area contributed by atoms with E-state index in [2.05, 4.69) is 10.3 Å². The molecule has 0 aliphatic carbocycles. The first kappa shape index (κ1) is 21.8. The Balaban J connectivity index is 1.37. The topological polar surface area (TPSA) is 107 Å². The van der Waals surface area contributed by atoms with Gasteiger partial charge in [-0.25, -0.2) is 27.6 Å². The number of carbonyl (C=O) groups excluding carboxylic acids is 1. The molecule has 1 atom stereocenters. The molecule has 2 aliphatic rings. The molecule has 0 spiro atoms. The van der Waals surface area contributed by atoms with Crippen molar-refractivity contribution in [2.75, 3.05) is 29.4 Å². The van der Waals surface area contributed by atoms with Crippen LogP contribution in [-0.4, -0.2) is 56.2 Å². The molecule has 34 heavy (non-hydrogen) atoms. The summed E-state index contributed by atoms with van der Waals surface area (Å²) in [6, 6.07) is 3.42. The number of cyclic esters (lactones) is 1. The molecule has 1 fully saturated rings. The molecule has 178 valence electrons. The molecule has 0 saturated carbocycles. The summed E-state index contributed by atoms with van der Waals surface area (Å²) in [5.74, 6) is -1.71. The van der Waals surface area contributed by atoms with Crippen molar-refractivity contribution in [3.8, 4) is 0 Å². The van der Waals surface area contributed by atoms with E-state index in [0.29, 0.717) is 5.56 Å². The van der Waals surface area contributed by atoms with E-state index in [-0.39, 0.29) is 61.8 Å². The summed E-state index contributed by atoms with van der Waals surface area (Å²) in [5.41, 5.74) is -0.586. The van der Waals surface area contributed by atoms with Crippen LogP contribution in [0.4, 0.5) is 25.0 Å². The number of hydrogen-bond donors (Lipinski definition) is 0. The maximum absolute atomic E-state index is 15.1. The van der Waals surface area contributed by atoms with Gasteiger partial charge in [-0.2, -0.15) is 0 Å². The van der Waals surface area contributed by atoms with Crippen LogP contribution in [0.15, 0.2) is 40.2 Å². The van der Waals surface area contributed by atoms with E-state index in [9.17, 15) is 14.4 Å². The summed E-state index contributed by atoms with van der Waals surface area (Å²) in [7, 11) is 0. The maximum atomic E-state index is 15.1. The van der Waals surface area contributed by atoms with Crippen molar-refractivity contribution >= 4 is 17.5 Å². The third-order valence-electron chi connectivity index (χ3n) is 5.99. The van der Waals surface area contributed by atoms with Crippen LogP contribution < -0.4 is 20.9 Å². The highest BCUT2D eigenvalue weighted by Crippen LogP contribution is 2.31. The molecular weight excluding hydrogens is 452 g/mol. The summed E-state index contributed by atoms with van der Waals surface area (Å²) in [5, 5.41) is 7.51. The molecule has 0 unspecified atom stereocenters. The van der Waals surface area contributed by atoms with Gasteiger partial charge in [-0.05, 0) is 6.92 Å². The zero-order valence-electron chi connectivity index (χ0n) is 18.2. The number of rotatable bonds is 4. The van der Waals surface area contributed by atoms with Crippen LogP contribution in [0.1, 0.15) is 5.56 Å². The first-order valence-electron chi connectivity index (χ1n) is 10.7. The van der Waals surface area contributed by atoms with Crippen LogP contribution >= 0.6 is 0 Å². The lowest BCUT2D eigenvalue weighted by molar-refractivity contribution is 0.129. The van der Waals surface area contributed by atoms with Crippen LogP contribution in [0.5, 0.6) is 0 Å². The third kappa shape index (κ3) is 3.82. The Hall–Kier alpha value is -4.03. The second-order valence-corrected chi connectivity index (χ2v) is 8.20. The third-order valence-corrected chi connectivity index (χ3v) is 5.99. The van der Waals surface area contributed by atoms with E-state index in [0.717, 1.165) is 17.0 Å². The number of carbonyl (C=O) groups is 1. The molecule has 3 aromatic rings. The Bertz CT molecular complexity index is 1350. The SMILES string of the molecule is Cc1cc(=O)n2n(c1=O)CCN(c1c(F)cc(N3C[C@H](Cn4ccnn4)OC3=O)cc1F)CC2. The molecule has 1 amide bonds. The van der Waals surface area contributed by atoms with Crippen molar-refractivity contribution < 1.29 is 18.3 Å². The summed E-state index contributed by atoms with van der Waals surface area (Å²) in [6.07, 6.45) is 1.85. The van der Waals surface area contributed by atoms with Gasteiger partial charge in [-0.1, -0.05) is 5.21 Å². The Morgan fingerprint density at radius 2 is 1.74 bits per heavy atom. The first-order chi connectivity index (χ1) is 16.3. The average Bonchev–Trinajstić information content (AvgIpc) is 3.36. The van der Waals surface area contributed by atoms with Gasteiger partial charge in [0.1, 0.15) is 11.8 Å².